The van der Waals surface area contributed by atoms with Crippen molar-refractivity contribution in [2.45, 2.75) is 38.1 Å². The summed E-state index contributed by atoms with van der Waals surface area (Å²) in [5.41, 5.74) is 1.41. The van der Waals surface area contributed by atoms with Crippen LogP contribution < -0.4 is 10.1 Å². The van der Waals surface area contributed by atoms with Crippen molar-refractivity contribution in [2.24, 2.45) is 5.92 Å². The molecule has 1 aliphatic carbocycles. The van der Waals surface area contributed by atoms with Crippen LogP contribution in [0.1, 0.15) is 37.7 Å². The standard InChI is InChI=1S/C15H21NO/c1-2-9-16-15(11-7-8-11)13-10-17-14-6-4-3-5-12(13)14/h3-6,11,13,15-16H,2,7-10H2,1H3. The Labute approximate surface area is 103 Å². The molecule has 0 aromatic heterocycles. The van der Waals surface area contributed by atoms with Crippen LogP contribution in [0.4, 0.5) is 0 Å². The van der Waals surface area contributed by atoms with Gasteiger partial charge in [0.2, 0.25) is 0 Å². The number of hydrogen-bond acceptors (Lipinski definition) is 2. The lowest BCUT2D eigenvalue weighted by molar-refractivity contribution is 0.285. The molecular formula is C15H21NO. The number of para-hydroxylation sites is 1. The van der Waals surface area contributed by atoms with Crippen molar-refractivity contribution >= 4 is 0 Å². The van der Waals surface area contributed by atoms with E-state index in [1.807, 2.05) is 0 Å². The number of rotatable bonds is 5. The molecule has 0 saturated heterocycles. The molecule has 0 bridgehead atoms. The molecule has 17 heavy (non-hydrogen) atoms. The molecule has 1 heterocycles. The van der Waals surface area contributed by atoms with Crippen LogP contribution in [-0.4, -0.2) is 19.2 Å². The first-order chi connectivity index (χ1) is 8.40. The van der Waals surface area contributed by atoms with Gasteiger partial charge in [-0.25, -0.2) is 0 Å². The van der Waals surface area contributed by atoms with Crippen molar-refractivity contribution in [1.29, 1.82) is 0 Å². The third-order valence-electron chi connectivity index (χ3n) is 3.93. The molecule has 1 N–H and O–H groups in total. The Hall–Kier alpha value is -1.02. The monoisotopic (exact) mass is 231 g/mol. The molecule has 2 atom stereocenters. The molecule has 0 spiro atoms. The molecule has 1 aromatic rings. The van der Waals surface area contributed by atoms with Gasteiger partial charge in [0.25, 0.3) is 0 Å². The van der Waals surface area contributed by atoms with E-state index >= 15 is 0 Å². The predicted molar refractivity (Wildman–Crippen MR) is 69.5 cm³/mol. The van der Waals surface area contributed by atoms with E-state index in [-0.39, 0.29) is 0 Å². The van der Waals surface area contributed by atoms with Gasteiger partial charge in [-0.1, -0.05) is 25.1 Å². The molecular weight excluding hydrogens is 210 g/mol. The zero-order valence-electron chi connectivity index (χ0n) is 10.5. The molecule has 2 heteroatoms. The van der Waals surface area contributed by atoms with Gasteiger partial charge in [0.1, 0.15) is 5.75 Å². The summed E-state index contributed by atoms with van der Waals surface area (Å²) in [5, 5.41) is 3.73. The first-order valence-electron chi connectivity index (χ1n) is 6.85. The Balaban J connectivity index is 1.78. The summed E-state index contributed by atoms with van der Waals surface area (Å²) < 4.78 is 5.81. The predicted octanol–water partition coefficient (Wildman–Crippen LogP) is 2.94. The van der Waals surface area contributed by atoms with Gasteiger partial charge in [0, 0.05) is 17.5 Å². The molecule has 2 aliphatic rings. The molecule has 1 aromatic carbocycles. The SMILES string of the molecule is CCCNC(C1CC1)C1COc2ccccc21. The first kappa shape index (κ1) is 11.1. The fraction of sp³-hybridized carbons (Fsp3) is 0.600. The molecule has 1 fully saturated rings. The van der Waals surface area contributed by atoms with Crippen molar-refractivity contribution in [3.8, 4) is 5.75 Å². The van der Waals surface area contributed by atoms with E-state index in [0.717, 1.165) is 24.8 Å². The molecule has 2 nitrogen and oxygen atoms in total. The maximum Gasteiger partial charge on any atom is 0.122 e. The van der Waals surface area contributed by atoms with E-state index in [2.05, 4.69) is 36.5 Å². The lowest BCUT2D eigenvalue weighted by atomic mass is 9.90. The van der Waals surface area contributed by atoms with E-state index < -0.39 is 0 Å². The summed E-state index contributed by atoms with van der Waals surface area (Å²) in [5.74, 6) is 2.54. The second kappa shape index (κ2) is 4.69. The molecule has 1 aliphatic heterocycles. The highest BCUT2D eigenvalue weighted by Crippen LogP contribution is 2.44. The minimum atomic E-state index is 0.560. The fourth-order valence-corrected chi connectivity index (χ4v) is 2.89. The second-order valence-corrected chi connectivity index (χ2v) is 5.27. The number of nitrogens with one attached hydrogen (secondary N) is 1. The van der Waals surface area contributed by atoms with E-state index in [9.17, 15) is 0 Å². The minimum absolute atomic E-state index is 0.560. The highest BCUT2D eigenvalue weighted by molar-refractivity contribution is 5.41. The quantitative estimate of drug-likeness (QED) is 0.841. The summed E-state index contributed by atoms with van der Waals surface area (Å²) >= 11 is 0. The summed E-state index contributed by atoms with van der Waals surface area (Å²) in [7, 11) is 0. The van der Waals surface area contributed by atoms with Crippen LogP contribution in [0.2, 0.25) is 0 Å². The molecule has 3 rings (SSSR count). The largest absolute Gasteiger partial charge is 0.493 e. The topological polar surface area (TPSA) is 21.3 Å². The summed E-state index contributed by atoms with van der Waals surface area (Å²) in [6.45, 7) is 4.22. The van der Waals surface area contributed by atoms with Crippen LogP contribution in [0.3, 0.4) is 0 Å². The van der Waals surface area contributed by atoms with Crippen LogP contribution in [0.25, 0.3) is 0 Å². The van der Waals surface area contributed by atoms with Crippen LogP contribution >= 0.6 is 0 Å². The zero-order valence-corrected chi connectivity index (χ0v) is 10.5. The summed E-state index contributed by atoms with van der Waals surface area (Å²) in [6.07, 6.45) is 3.98. The smallest absolute Gasteiger partial charge is 0.122 e. The van der Waals surface area contributed by atoms with Gasteiger partial charge in [-0.3, -0.25) is 0 Å². The highest BCUT2D eigenvalue weighted by Gasteiger charge is 2.40. The summed E-state index contributed by atoms with van der Waals surface area (Å²) in [6, 6.07) is 9.14. The number of fused-ring (bicyclic) bond motifs is 1. The van der Waals surface area contributed by atoms with Crippen LogP contribution in [0.5, 0.6) is 5.75 Å². The average Bonchev–Trinajstić information content (AvgIpc) is 3.11. The maximum atomic E-state index is 5.81. The Bertz CT molecular complexity index is 386. The van der Waals surface area contributed by atoms with E-state index in [4.69, 9.17) is 4.74 Å². The van der Waals surface area contributed by atoms with Gasteiger partial charge in [-0.2, -0.15) is 0 Å². The van der Waals surface area contributed by atoms with E-state index in [1.165, 1.54) is 24.8 Å². The van der Waals surface area contributed by atoms with Crippen molar-refractivity contribution in [3.63, 3.8) is 0 Å². The Kier molecular flexibility index (Phi) is 3.06. The lowest BCUT2D eigenvalue weighted by Crippen LogP contribution is -2.38. The Morgan fingerprint density at radius 3 is 2.94 bits per heavy atom. The Morgan fingerprint density at radius 2 is 2.18 bits per heavy atom. The highest BCUT2D eigenvalue weighted by atomic mass is 16.5. The molecule has 0 amide bonds. The summed E-state index contributed by atoms with van der Waals surface area (Å²) in [4.78, 5) is 0. The molecule has 0 radical (unpaired) electrons. The average molecular weight is 231 g/mol. The van der Waals surface area contributed by atoms with Crippen LogP contribution in [0.15, 0.2) is 24.3 Å². The third-order valence-corrected chi connectivity index (χ3v) is 3.93. The molecule has 92 valence electrons. The number of benzene rings is 1. The van der Waals surface area contributed by atoms with Gasteiger partial charge in [0.15, 0.2) is 0 Å². The van der Waals surface area contributed by atoms with E-state index in [1.54, 1.807) is 0 Å². The van der Waals surface area contributed by atoms with E-state index in [0.29, 0.717) is 12.0 Å². The second-order valence-electron chi connectivity index (χ2n) is 5.27. The van der Waals surface area contributed by atoms with Gasteiger partial charge in [-0.05, 0) is 37.8 Å². The fourth-order valence-electron chi connectivity index (χ4n) is 2.89. The van der Waals surface area contributed by atoms with Crippen molar-refractivity contribution in [2.75, 3.05) is 13.2 Å². The van der Waals surface area contributed by atoms with Crippen molar-refractivity contribution in [3.05, 3.63) is 29.8 Å². The van der Waals surface area contributed by atoms with Gasteiger partial charge < -0.3 is 10.1 Å². The zero-order chi connectivity index (χ0) is 11.7. The molecule has 1 saturated carbocycles. The van der Waals surface area contributed by atoms with Gasteiger partial charge in [0.05, 0.1) is 6.61 Å². The normalized spacial score (nSPS) is 24.2. The van der Waals surface area contributed by atoms with Crippen LogP contribution in [0, 0.1) is 5.92 Å². The van der Waals surface area contributed by atoms with Crippen molar-refractivity contribution in [1.82, 2.24) is 5.32 Å². The third kappa shape index (κ3) is 2.19. The molecule has 2 unspecified atom stereocenters. The van der Waals surface area contributed by atoms with Crippen molar-refractivity contribution < 1.29 is 4.74 Å². The van der Waals surface area contributed by atoms with Gasteiger partial charge in [-0.15, -0.1) is 0 Å². The maximum absolute atomic E-state index is 5.81. The minimum Gasteiger partial charge on any atom is -0.493 e. The lowest BCUT2D eigenvalue weighted by Gasteiger charge is -2.24. The number of ether oxygens (including phenoxy) is 1. The van der Waals surface area contributed by atoms with Crippen LogP contribution in [-0.2, 0) is 0 Å². The Morgan fingerprint density at radius 1 is 1.35 bits per heavy atom. The number of hydrogen-bond donors (Lipinski definition) is 1. The van der Waals surface area contributed by atoms with Gasteiger partial charge >= 0.3 is 0 Å². The first-order valence-corrected chi connectivity index (χ1v) is 6.85.